The molecule has 0 atom stereocenters. The van der Waals surface area contributed by atoms with E-state index in [4.69, 9.17) is 10.2 Å². The molecule has 0 bridgehead atoms. The average Bonchev–Trinajstić information content (AvgIpc) is 2.76. The van der Waals surface area contributed by atoms with E-state index >= 15 is 0 Å². The van der Waals surface area contributed by atoms with Crippen LogP contribution in [-0.2, 0) is 11.2 Å². The Morgan fingerprint density at radius 3 is 2.72 bits per heavy atom. The van der Waals surface area contributed by atoms with Gasteiger partial charge in [-0.05, 0) is 28.6 Å². The second-order valence-electron chi connectivity index (χ2n) is 3.43. The number of tetrazole rings is 1. The molecule has 8 heteroatoms. The third-order valence-corrected chi connectivity index (χ3v) is 2.18. The molecule has 0 saturated heterocycles. The summed E-state index contributed by atoms with van der Waals surface area (Å²) in [4.78, 5) is 21.5. The highest BCUT2D eigenvalue weighted by atomic mass is 16.4. The van der Waals surface area contributed by atoms with Crippen LogP contribution in [0, 0.1) is 0 Å². The van der Waals surface area contributed by atoms with Gasteiger partial charge < -0.3 is 10.2 Å². The number of aromatic carboxylic acids is 1. The van der Waals surface area contributed by atoms with Crippen LogP contribution in [0.5, 0.6) is 0 Å². The lowest BCUT2D eigenvalue weighted by atomic mass is 10.2. The minimum Gasteiger partial charge on any atom is -0.481 e. The second-order valence-corrected chi connectivity index (χ2v) is 3.43. The SMILES string of the molecule is O=C(O)Cc1nnnn1-c1cccc(C(=O)O)c1. The van der Waals surface area contributed by atoms with Gasteiger partial charge in [0.15, 0.2) is 5.82 Å². The van der Waals surface area contributed by atoms with Gasteiger partial charge in [0.1, 0.15) is 6.42 Å². The first-order valence-corrected chi connectivity index (χ1v) is 4.90. The molecule has 18 heavy (non-hydrogen) atoms. The van der Waals surface area contributed by atoms with Gasteiger partial charge in [-0.2, -0.15) is 4.68 Å². The lowest BCUT2D eigenvalue weighted by Gasteiger charge is -2.03. The van der Waals surface area contributed by atoms with Gasteiger partial charge in [-0.15, -0.1) is 5.10 Å². The predicted molar refractivity (Wildman–Crippen MR) is 57.5 cm³/mol. The van der Waals surface area contributed by atoms with E-state index in [-0.39, 0.29) is 17.8 Å². The minimum atomic E-state index is -1.08. The van der Waals surface area contributed by atoms with Crippen LogP contribution in [-0.4, -0.2) is 42.4 Å². The maximum Gasteiger partial charge on any atom is 0.335 e. The Kier molecular flexibility index (Phi) is 3.00. The first kappa shape index (κ1) is 11.7. The Hall–Kier alpha value is -2.77. The topological polar surface area (TPSA) is 118 Å². The first-order chi connectivity index (χ1) is 8.58. The summed E-state index contributed by atoms with van der Waals surface area (Å²) in [6, 6.07) is 5.91. The summed E-state index contributed by atoms with van der Waals surface area (Å²) in [5.74, 6) is -2.02. The Balaban J connectivity index is 2.42. The third kappa shape index (κ3) is 2.32. The number of benzene rings is 1. The van der Waals surface area contributed by atoms with E-state index in [1.54, 1.807) is 6.07 Å². The highest BCUT2D eigenvalue weighted by Crippen LogP contribution is 2.11. The summed E-state index contributed by atoms with van der Waals surface area (Å²) in [5, 5.41) is 28.2. The van der Waals surface area contributed by atoms with Crippen molar-refractivity contribution in [2.75, 3.05) is 0 Å². The number of carboxylic acid groups (broad SMARTS) is 2. The first-order valence-electron chi connectivity index (χ1n) is 4.90. The molecular weight excluding hydrogens is 240 g/mol. The summed E-state index contributed by atoms with van der Waals surface area (Å²) in [6.45, 7) is 0. The van der Waals surface area contributed by atoms with Gasteiger partial charge in [-0.1, -0.05) is 6.07 Å². The van der Waals surface area contributed by atoms with Crippen LogP contribution >= 0.6 is 0 Å². The Morgan fingerprint density at radius 2 is 2.06 bits per heavy atom. The fourth-order valence-corrected chi connectivity index (χ4v) is 1.42. The molecule has 0 fully saturated rings. The Labute approximate surface area is 100 Å². The van der Waals surface area contributed by atoms with Crippen LogP contribution in [0.15, 0.2) is 24.3 Å². The average molecular weight is 248 g/mol. The van der Waals surface area contributed by atoms with E-state index in [0.717, 1.165) is 0 Å². The lowest BCUT2D eigenvalue weighted by molar-refractivity contribution is -0.136. The fourth-order valence-electron chi connectivity index (χ4n) is 1.42. The van der Waals surface area contributed by atoms with Crippen molar-refractivity contribution in [2.45, 2.75) is 6.42 Å². The zero-order chi connectivity index (χ0) is 13.1. The fraction of sp³-hybridized carbons (Fsp3) is 0.100. The van der Waals surface area contributed by atoms with E-state index in [0.29, 0.717) is 5.69 Å². The third-order valence-electron chi connectivity index (χ3n) is 2.18. The van der Waals surface area contributed by atoms with Gasteiger partial charge in [0.2, 0.25) is 0 Å². The van der Waals surface area contributed by atoms with Gasteiger partial charge in [0.05, 0.1) is 11.3 Å². The van der Waals surface area contributed by atoms with Crippen LogP contribution in [0.4, 0.5) is 0 Å². The minimum absolute atomic E-state index is 0.0734. The van der Waals surface area contributed by atoms with Crippen LogP contribution in [0.25, 0.3) is 5.69 Å². The van der Waals surface area contributed by atoms with Crippen molar-refractivity contribution < 1.29 is 19.8 Å². The Morgan fingerprint density at radius 1 is 1.28 bits per heavy atom. The number of aliphatic carboxylic acids is 1. The van der Waals surface area contributed by atoms with Gasteiger partial charge >= 0.3 is 11.9 Å². The standard InChI is InChI=1S/C10H8N4O4/c15-9(16)5-8-11-12-13-14(8)7-3-1-2-6(4-7)10(17)18/h1-4H,5H2,(H,15,16)(H,17,18). The number of hydrogen-bond donors (Lipinski definition) is 2. The van der Waals surface area contributed by atoms with Crippen molar-refractivity contribution in [3.8, 4) is 5.69 Å². The molecule has 92 valence electrons. The quantitative estimate of drug-likeness (QED) is 0.780. The molecule has 0 saturated carbocycles. The number of hydrogen-bond acceptors (Lipinski definition) is 5. The van der Waals surface area contributed by atoms with Crippen molar-refractivity contribution in [3.63, 3.8) is 0 Å². The monoisotopic (exact) mass is 248 g/mol. The van der Waals surface area contributed by atoms with Crippen LogP contribution in [0.1, 0.15) is 16.2 Å². The number of aromatic nitrogens is 4. The van der Waals surface area contributed by atoms with Gasteiger partial charge in [-0.3, -0.25) is 4.79 Å². The molecule has 0 spiro atoms. The molecule has 0 unspecified atom stereocenters. The van der Waals surface area contributed by atoms with E-state index in [1.807, 2.05) is 0 Å². The number of carboxylic acids is 2. The van der Waals surface area contributed by atoms with E-state index in [9.17, 15) is 9.59 Å². The molecule has 2 aromatic rings. The number of nitrogens with zero attached hydrogens (tertiary/aromatic N) is 4. The molecular formula is C10H8N4O4. The lowest BCUT2D eigenvalue weighted by Crippen LogP contribution is -2.09. The van der Waals surface area contributed by atoms with Crippen molar-refractivity contribution in [3.05, 3.63) is 35.7 Å². The molecule has 0 aliphatic heterocycles. The molecule has 0 aliphatic carbocycles. The molecule has 0 aliphatic rings. The van der Waals surface area contributed by atoms with E-state index in [2.05, 4.69) is 15.5 Å². The summed E-state index contributed by atoms with van der Waals surface area (Å²) in [5.41, 5.74) is 0.473. The molecule has 1 heterocycles. The number of carbonyl (C=O) groups is 2. The van der Waals surface area contributed by atoms with Gasteiger partial charge in [0, 0.05) is 0 Å². The summed E-state index contributed by atoms with van der Waals surface area (Å²) < 4.78 is 1.19. The maximum absolute atomic E-state index is 10.8. The predicted octanol–water partition coefficient (Wildman–Crippen LogP) is -0.0124. The van der Waals surface area contributed by atoms with Gasteiger partial charge in [0.25, 0.3) is 0 Å². The summed E-state index contributed by atoms with van der Waals surface area (Å²) in [6.07, 6.45) is -0.343. The normalized spacial score (nSPS) is 10.2. The van der Waals surface area contributed by atoms with Crippen LogP contribution < -0.4 is 0 Å². The van der Waals surface area contributed by atoms with E-state index < -0.39 is 11.9 Å². The largest absolute Gasteiger partial charge is 0.481 e. The van der Waals surface area contributed by atoms with Crippen LogP contribution in [0.2, 0.25) is 0 Å². The van der Waals surface area contributed by atoms with Gasteiger partial charge in [-0.25, -0.2) is 4.79 Å². The van der Waals surface area contributed by atoms with Crippen molar-refractivity contribution in [1.82, 2.24) is 20.2 Å². The highest BCUT2D eigenvalue weighted by molar-refractivity contribution is 5.88. The van der Waals surface area contributed by atoms with Crippen molar-refractivity contribution in [1.29, 1.82) is 0 Å². The molecule has 0 amide bonds. The molecule has 1 aromatic carbocycles. The molecule has 2 rings (SSSR count). The Bertz CT molecular complexity index is 607. The zero-order valence-corrected chi connectivity index (χ0v) is 9.02. The second kappa shape index (κ2) is 4.62. The summed E-state index contributed by atoms with van der Waals surface area (Å²) in [7, 11) is 0. The smallest absolute Gasteiger partial charge is 0.335 e. The highest BCUT2D eigenvalue weighted by Gasteiger charge is 2.13. The molecule has 8 nitrogen and oxygen atoms in total. The van der Waals surface area contributed by atoms with Crippen LogP contribution in [0.3, 0.4) is 0 Å². The van der Waals surface area contributed by atoms with Crippen molar-refractivity contribution in [2.24, 2.45) is 0 Å². The number of rotatable bonds is 4. The van der Waals surface area contributed by atoms with E-state index in [1.165, 1.54) is 22.9 Å². The zero-order valence-electron chi connectivity index (χ0n) is 9.02. The molecule has 1 aromatic heterocycles. The maximum atomic E-state index is 10.8. The summed E-state index contributed by atoms with van der Waals surface area (Å²) >= 11 is 0. The molecule has 0 radical (unpaired) electrons. The molecule has 2 N–H and O–H groups in total. The van der Waals surface area contributed by atoms with Crippen molar-refractivity contribution >= 4 is 11.9 Å².